The number of nitrogens with zero attached hydrogens (tertiary/aromatic N) is 4. The summed E-state index contributed by atoms with van der Waals surface area (Å²) in [5.74, 6) is 0. The fourth-order valence-corrected chi connectivity index (χ4v) is 1.63. The minimum Gasteiger partial charge on any atom is -0.311 e. The summed E-state index contributed by atoms with van der Waals surface area (Å²) in [4.78, 5) is 0. The molecule has 2 aromatic rings. The van der Waals surface area contributed by atoms with Crippen molar-refractivity contribution in [2.45, 2.75) is 20.0 Å². The standard InChI is InChI=1S/C11H17N5/c1-3-12-7-11-4-5-13-16(11)9-10-6-14-15(2)8-10/h4-6,8,12H,3,7,9H2,1-2H3. The monoisotopic (exact) mass is 219 g/mol. The number of rotatable bonds is 5. The highest BCUT2D eigenvalue weighted by molar-refractivity contribution is 5.08. The van der Waals surface area contributed by atoms with Gasteiger partial charge in [-0.2, -0.15) is 10.2 Å². The zero-order chi connectivity index (χ0) is 11.4. The number of hydrogen-bond acceptors (Lipinski definition) is 3. The van der Waals surface area contributed by atoms with Gasteiger partial charge in [0.2, 0.25) is 0 Å². The molecule has 2 rings (SSSR count). The first-order chi connectivity index (χ1) is 7.79. The van der Waals surface area contributed by atoms with Crippen LogP contribution >= 0.6 is 0 Å². The van der Waals surface area contributed by atoms with E-state index in [-0.39, 0.29) is 0 Å². The Morgan fingerprint density at radius 2 is 2.25 bits per heavy atom. The summed E-state index contributed by atoms with van der Waals surface area (Å²) in [7, 11) is 1.92. The summed E-state index contributed by atoms with van der Waals surface area (Å²) < 4.78 is 3.81. The van der Waals surface area contributed by atoms with Gasteiger partial charge in [-0.25, -0.2) is 0 Å². The fraction of sp³-hybridized carbons (Fsp3) is 0.455. The molecule has 5 nitrogen and oxygen atoms in total. The average Bonchev–Trinajstić information content (AvgIpc) is 2.86. The normalized spacial score (nSPS) is 10.9. The predicted molar refractivity (Wildman–Crippen MR) is 61.9 cm³/mol. The first-order valence-corrected chi connectivity index (χ1v) is 5.48. The van der Waals surface area contributed by atoms with Gasteiger partial charge in [-0.3, -0.25) is 9.36 Å². The van der Waals surface area contributed by atoms with Crippen LogP contribution in [0, 0.1) is 0 Å². The zero-order valence-corrected chi connectivity index (χ0v) is 9.72. The Morgan fingerprint density at radius 1 is 1.38 bits per heavy atom. The van der Waals surface area contributed by atoms with Crippen molar-refractivity contribution >= 4 is 0 Å². The van der Waals surface area contributed by atoms with Crippen LogP contribution in [0.4, 0.5) is 0 Å². The largest absolute Gasteiger partial charge is 0.311 e. The summed E-state index contributed by atoms with van der Waals surface area (Å²) in [5.41, 5.74) is 2.37. The van der Waals surface area contributed by atoms with E-state index in [0.717, 1.165) is 19.6 Å². The van der Waals surface area contributed by atoms with Crippen molar-refractivity contribution in [2.75, 3.05) is 6.54 Å². The lowest BCUT2D eigenvalue weighted by molar-refractivity contribution is 0.605. The third kappa shape index (κ3) is 2.49. The maximum atomic E-state index is 4.31. The van der Waals surface area contributed by atoms with Crippen molar-refractivity contribution in [2.24, 2.45) is 7.05 Å². The number of aromatic nitrogens is 4. The van der Waals surface area contributed by atoms with Crippen molar-refractivity contribution in [1.29, 1.82) is 0 Å². The Labute approximate surface area is 95.1 Å². The highest BCUT2D eigenvalue weighted by Crippen LogP contribution is 2.04. The molecule has 5 heteroatoms. The van der Waals surface area contributed by atoms with Gasteiger partial charge in [0.25, 0.3) is 0 Å². The molecule has 0 aliphatic carbocycles. The lowest BCUT2D eigenvalue weighted by Crippen LogP contribution is -2.16. The second kappa shape index (κ2) is 4.94. The third-order valence-electron chi connectivity index (χ3n) is 2.45. The second-order valence-electron chi connectivity index (χ2n) is 3.78. The molecule has 16 heavy (non-hydrogen) atoms. The van der Waals surface area contributed by atoms with Crippen LogP contribution in [0.25, 0.3) is 0 Å². The Kier molecular flexibility index (Phi) is 3.36. The molecule has 2 heterocycles. The van der Waals surface area contributed by atoms with Gasteiger partial charge in [-0.05, 0) is 12.6 Å². The van der Waals surface area contributed by atoms with Gasteiger partial charge in [0.1, 0.15) is 0 Å². The number of aryl methyl sites for hydroxylation is 1. The topological polar surface area (TPSA) is 47.7 Å². The van der Waals surface area contributed by atoms with Gasteiger partial charge in [-0.1, -0.05) is 6.92 Å². The maximum Gasteiger partial charge on any atom is 0.0693 e. The molecule has 0 bridgehead atoms. The zero-order valence-electron chi connectivity index (χ0n) is 9.72. The fourth-order valence-electron chi connectivity index (χ4n) is 1.63. The van der Waals surface area contributed by atoms with E-state index in [9.17, 15) is 0 Å². The molecule has 0 saturated heterocycles. The first-order valence-electron chi connectivity index (χ1n) is 5.48. The minimum absolute atomic E-state index is 0.779. The lowest BCUT2D eigenvalue weighted by Gasteiger charge is -2.06. The van der Waals surface area contributed by atoms with Gasteiger partial charge >= 0.3 is 0 Å². The average molecular weight is 219 g/mol. The second-order valence-corrected chi connectivity index (χ2v) is 3.78. The van der Waals surface area contributed by atoms with E-state index in [4.69, 9.17) is 0 Å². The molecule has 0 spiro atoms. The van der Waals surface area contributed by atoms with Gasteiger partial charge in [-0.15, -0.1) is 0 Å². The van der Waals surface area contributed by atoms with E-state index < -0.39 is 0 Å². The molecule has 0 aliphatic rings. The Morgan fingerprint density at radius 3 is 2.94 bits per heavy atom. The van der Waals surface area contributed by atoms with Crippen LogP contribution in [0.15, 0.2) is 24.7 Å². The van der Waals surface area contributed by atoms with Crippen LogP contribution in [0.1, 0.15) is 18.2 Å². The molecule has 0 unspecified atom stereocenters. The van der Waals surface area contributed by atoms with Crippen LogP contribution in [0.3, 0.4) is 0 Å². The van der Waals surface area contributed by atoms with Crippen LogP contribution in [0.5, 0.6) is 0 Å². The smallest absolute Gasteiger partial charge is 0.0693 e. The highest BCUT2D eigenvalue weighted by atomic mass is 15.3. The van der Waals surface area contributed by atoms with Crippen molar-refractivity contribution < 1.29 is 0 Å². The summed E-state index contributed by atoms with van der Waals surface area (Å²) in [5, 5.41) is 11.8. The molecule has 0 aromatic carbocycles. The predicted octanol–water partition coefficient (Wildman–Crippen LogP) is 0.774. The van der Waals surface area contributed by atoms with Crippen LogP contribution in [-0.2, 0) is 20.1 Å². The SMILES string of the molecule is CCNCc1ccnn1Cc1cnn(C)c1. The molecular formula is C11H17N5. The van der Waals surface area contributed by atoms with Crippen LogP contribution in [0.2, 0.25) is 0 Å². The van der Waals surface area contributed by atoms with Crippen LogP contribution in [-0.4, -0.2) is 26.1 Å². The van der Waals surface area contributed by atoms with Crippen molar-refractivity contribution in [3.63, 3.8) is 0 Å². The molecule has 1 N–H and O–H groups in total. The molecule has 86 valence electrons. The number of hydrogen-bond donors (Lipinski definition) is 1. The van der Waals surface area contributed by atoms with E-state index in [1.54, 1.807) is 0 Å². The third-order valence-corrected chi connectivity index (χ3v) is 2.45. The quantitative estimate of drug-likeness (QED) is 0.808. The first kappa shape index (κ1) is 10.9. The van der Waals surface area contributed by atoms with Crippen molar-refractivity contribution in [1.82, 2.24) is 24.9 Å². The number of nitrogens with one attached hydrogen (secondary N) is 1. The molecule has 0 fully saturated rings. The lowest BCUT2D eigenvalue weighted by atomic mass is 10.3. The highest BCUT2D eigenvalue weighted by Gasteiger charge is 2.03. The molecule has 2 aromatic heterocycles. The van der Waals surface area contributed by atoms with Gasteiger partial charge in [0.15, 0.2) is 0 Å². The molecule has 0 aliphatic heterocycles. The maximum absolute atomic E-state index is 4.31. The summed E-state index contributed by atoms with van der Waals surface area (Å²) in [6.45, 7) is 4.71. The van der Waals surface area contributed by atoms with Gasteiger partial charge < -0.3 is 5.32 Å². The van der Waals surface area contributed by atoms with E-state index in [1.165, 1.54) is 11.3 Å². The van der Waals surface area contributed by atoms with Crippen molar-refractivity contribution in [3.8, 4) is 0 Å². The molecule has 0 radical (unpaired) electrons. The molecule has 0 atom stereocenters. The molecule has 0 amide bonds. The Hall–Kier alpha value is -1.62. The summed E-state index contributed by atoms with van der Waals surface area (Å²) in [6.07, 6.45) is 5.72. The minimum atomic E-state index is 0.779. The van der Waals surface area contributed by atoms with E-state index in [1.807, 2.05) is 41.1 Å². The van der Waals surface area contributed by atoms with E-state index >= 15 is 0 Å². The summed E-state index contributed by atoms with van der Waals surface area (Å²) in [6, 6.07) is 2.04. The van der Waals surface area contributed by atoms with Gasteiger partial charge in [0, 0.05) is 31.5 Å². The molecular weight excluding hydrogens is 202 g/mol. The Balaban J connectivity index is 2.06. The Bertz CT molecular complexity index is 443. The van der Waals surface area contributed by atoms with E-state index in [2.05, 4.69) is 22.4 Å². The van der Waals surface area contributed by atoms with Crippen LogP contribution < -0.4 is 5.32 Å². The summed E-state index contributed by atoms with van der Waals surface area (Å²) >= 11 is 0. The van der Waals surface area contributed by atoms with Gasteiger partial charge in [0.05, 0.1) is 18.4 Å². The molecule has 0 saturated carbocycles. The van der Waals surface area contributed by atoms with E-state index in [0.29, 0.717) is 0 Å². The van der Waals surface area contributed by atoms with Crippen molar-refractivity contribution in [3.05, 3.63) is 35.9 Å².